The van der Waals surface area contributed by atoms with Gasteiger partial charge in [-0.2, -0.15) is 0 Å². The number of benzene rings is 5. The Hall–Kier alpha value is -6.78. The average molecular weight is 1150 g/mol. The van der Waals surface area contributed by atoms with E-state index in [2.05, 4.69) is 48.4 Å². The summed E-state index contributed by atoms with van der Waals surface area (Å²) >= 11 is 0. The summed E-state index contributed by atoms with van der Waals surface area (Å²) in [5.74, 6) is -0.0561. The Bertz CT molecular complexity index is 3250. The summed E-state index contributed by atoms with van der Waals surface area (Å²) in [5.41, 5.74) is 9.85. The zero-order chi connectivity index (χ0) is 58.6. The fourth-order valence-electron chi connectivity index (χ4n) is 11.7. The minimum absolute atomic E-state index is 0.000462. The van der Waals surface area contributed by atoms with Crippen LogP contribution >= 0.6 is 21.6 Å². The third kappa shape index (κ3) is 13.7. The predicted molar refractivity (Wildman–Crippen MR) is 329 cm³/mol. The van der Waals surface area contributed by atoms with Crippen molar-refractivity contribution in [1.82, 2.24) is 5.32 Å². The van der Waals surface area contributed by atoms with E-state index >= 15 is 0 Å². The third-order valence-corrected chi connectivity index (χ3v) is 20.3. The summed E-state index contributed by atoms with van der Waals surface area (Å²) in [6.45, 7) is 16.5. The Labute approximate surface area is 491 Å². The number of ketones is 2. The number of carbonyl (C=O) groups is 6. The first-order chi connectivity index (χ1) is 39.2. The average Bonchev–Trinajstić information content (AvgIpc) is 4.19. The molecule has 0 fully saturated rings. The summed E-state index contributed by atoms with van der Waals surface area (Å²) in [4.78, 5) is 87.9. The molecule has 0 saturated carbocycles. The van der Waals surface area contributed by atoms with Gasteiger partial charge in [-0.05, 0) is 147 Å². The fraction of sp³-hybridized carbons (Fsp3) is 0.455. The molecule has 5 aromatic rings. The van der Waals surface area contributed by atoms with Crippen molar-refractivity contribution < 1.29 is 43.0 Å². The Balaban J connectivity index is 0.904. The smallest absolute Gasteiger partial charge is 0.260 e. The van der Waals surface area contributed by atoms with Gasteiger partial charge in [-0.15, -0.1) is 0 Å². The van der Waals surface area contributed by atoms with Crippen LogP contribution in [0.2, 0.25) is 0 Å². The van der Waals surface area contributed by atoms with Crippen molar-refractivity contribution in [3.8, 4) is 17.2 Å². The minimum Gasteiger partial charge on any atom is -0.493 e. The van der Waals surface area contributed by atoms with E-state index in [-0.39, 0.29) is 84.0 Å². The van der Waals surface area contributed by atoms with Crippen LogP contribution in [0.4, 0.5) is 22.7 Å². The molecule has 434 valence electrons. The second-order valence-corrected chi connectivity index (χ2v) is 27.0. The molecule has 2 N–H and O–H groups in total. The number of aryl methyl sites for hydroxylation is 2. The summed E-state index contributed by atoms with van der Waals surface area (Å²) in [5, 5.41) is 6.37. The number of anilines is 4. The molecule has 4 heterocycles. The van der Waals surface area contributed by atoms with E-state index in [1.165, 1.54) is 11.1 Å². The normalized spacial score (nSPS) is 17.3. The van der Waals surface area contributed by atoms with E-state index in [4.69, 9.17) is 14.2 Å². The number of fused-ring (bicyclic) bond motifs is 8. The topological polar surface area (TPSA) is 164 Å². The van der Waals surface area contributed by atoms with Gasteiger partial charge in [0.25, 0.3) is 11.8 Å². The molecule has 0 saturated heterocycles. The first kappa shape index (κ1) is 59.8. The van der Waals surface area contributed by atoms with Crippen LogP contribution in [0.25, 0.3) is 0 Å². The second kappa shape index (κ2) is 25.8. The van der Waals surface area contributed by atoms with E-state index < -0.39 is 12.0 Å². The highest BCUT2D eigenvalue weighted by Crippen LogP contribution is 2.44. The van der Waals surface area contributed by atoms with Crippen LogP contribution < -0.4 is 39.5 Å². The highest BCUT2D eigenvalue weighted by atomic mass is 33.1. The largest absolute Gasteiger partial charge is 0.493 e. The van der Waals surface area contributed by atoms with Crippen molar-refractivity contribution in [3.05, 3.63) is 136 Å². The predicted octanol–water partition coefficient (Wildman–Crippen LogP) is 12.5. The lowest BCUT2D eigenvalue weighted by atomic mass is 9.92. The Morgan fingerprint density at radius 2 is 1.38 bits per heavy atom. The first-order valence-corrected chi connectivity index (χ1v) is 31.2. The number of Topliss-reactive ketones (excluding diaryl/α,β-unsaturated/α-hetero) is 2. The van der Waals surface area contributed by atoms with E-state index in [1.807, 2.05) is 117 Å². The molecule has 5 atom stereocenters. The standard InChI is InChI=1S/C66H79N5O9S2/c1-11-51(72)23-20-42(6)81-82-66(7,8)25-24-61(74)68-62(39(2)3)57(73)27-41(5)63(75)67-48-29-43(37-79-58-35-56-53(26-40(58)4)65(77)71-50(36-69(56)9)32-47-17-13-15-19-55(47)71)28-44(30-48)38-80-60-33-45-21-22-49-31-46-16-12-14-18-54(46)70(49)64(76)52(45)34-59(60)78-10/h12-19,26,28-30,33-35,39,41-42,49-50,62H,11,20-25,27,31-32,36-38H2,1-10H3,(H,67,75)(H,68,74)/t41-,42?,49-,50+,62+/m1/s1. The number of hydrogen-bond donors (Lipinski definition) is 2. The molecule has 82 heavy (non-hydrogen) atoms. The molecule has 16 heteroatoms. The molecule has 0 aliphatic carbocycles. The molecule has 9 rings (SSSR count). The van der Waals surface area contributed by atoms with Crippen LogP contribution in [0.3, 0.4) is 0 Å². The van der Waals surface area contributed by atoms with Crippen LogP contribution in [0.15, 0.2) is 91.0 Å². The Kier molecular flexibility index (Phi) is 18.8. The van der Waals surface area contributed by atoms with Crippen molar-refractivity contribution >= 4 is 79.5 Å². The lowest BCUT2D eigenvalue weighted by Gasteiger charge is -2.26. The lowest BCUT2D eigenvalue weighted by molar-refractivity contribution is -0.131. The van der Waals surface area contributed by atoms with Crippen molar-refractivity contribution in [2.75, 3.05) is 40.7 Å². The lowest BCUT2D eigenvalue weighted by Crippen LogP contribution is -2.45. The molecule has 14 nitrogen and oxygen atoms in total. The Morgan fingerprint density at radius 1 is 0.744 bits per heavy atom. The van der Waals surface area contributed by atoms with Gasteiger partial charge in [0.1, 0.15) is 24.7 Å². The quantitative estimate of drug-likeness (QED) is 0.0563. The van der Waals surface area contributed by atoms with E-state index in [0.29, 0.717) is 71.5 Å². The summed E-state index contributed by atoms with van der Waals surface area (Å²) < 4.78 is 18.9. The molecule has 0 aromatic heterocycles. The van der Waals surface area contributed by atoms with Gasteiger partial charge in [0.2, 0.25) is 11.8 Å². The summed E-state index contributed by atoms with van der Waals surface area (Å²) in [7, 11) is 7.03. The first-order valence-electron chi connectivity index (χ1n) is 29.0. The van der Waals surface area contributed by atoms with Gasteiger partial charge in [-0.1, -0.05) is 92.6 Å². The van der Waals surface area contributed by atoms with Crippen molar-refractivity contribution in [2.24, 2.45) is 11.8 Å². The van der Waals surface area contributed by atoms with Crippen LogP contribution in [0.5, 0.6) is 17.2 Å². The molecule has 4 aliphatic rings. The maximum Gasteiger partial charge on any atom is 0.260 e. The molecule has 4 amide bonds. The number of nitrogens with one attached hydrogen (secondary N) is 2. The number of hydrogen-bond acceptors (Lipinski definition) is 12. The highest BCUT2D eigenvalue weighted by Gasteiger charge is 2.40. The van der Waals surface area contributed by atoms with Crippen LogP contribution in [0, 0.1) is 18.8 Å². The second-order valence-electron chi connectivity index (χ2n) is 23.7. The monoisotopic (exact) mass is 1150 g/mol. The van der Waals surface area contributed by atoms with Crippen molar-refractivity contribution in [2.45, 2.75) is 161 Å². The fourth-order valence-corrected chi connectivity index (χ4v) is 14.3. The Morgan fingerprint density at radius 3 is 2.04 bits per heavy atom. The number of amides is 4. The molecular weight excluding hydrogens is 1070 g/mol. The molecular formula is C66H79N5O9S2. The van der Waals surface area contributed by atoms with Crippen LogP contribution in [-0.4, -0.2) is 84.0 Å². The van der Waals surface area contributed by atoms with E-state index in [1.54, 1.807) is 41.7 Å². The molecule has 5 aromatic carbocycles. The minimum atomic E-state index is -0.770. The van der Waals surface area contributed by atoms with Crippen molar-refractivity contribution in [1.29, 1.82) is 0 Å². The van der Waals surface area contributed by atoms with Gasteiger partial charge in [-0.3, -0.25) is 28.8 Å². The van der Waals surface area contributed by atoms with Crippen LogP contribution in [0.1, 0.15) is 148 Å². The molecule has 4 aliphatic heterocycles. The SMILES string of the molecule is CCC(=O)CCC(C)SSC(C)(C)CCC(=O)N[C@H](C(=O)C[C@@H](C)C(=O)Nc1cc(COc2cc3c(cc2C)C(=O)N2c4ccccc4C[C@H]2CN3C)cc(COc2cc3c(cc2OC)C(=O)N2c4ccccc4C[C@H]2CC3)c1)C(C)C. The number of methoxy groups -OCH3 is 1. The summed E-state index contributed by atoms with van der Waals surface area (Å²) in [6.07, 6.45) is 5.78. The number of likely N-dealkylation sites (N-methyl/N-ethyl adjacent to an activating group) is 1. The number of rotatable bonds is 24. The van der Waals surface area contributed by atoms with Crippen molar-refractivity contribution in [3.63, 3.8) is 0 Å². The maximum atomic E-state index is 14.3. The molecule has 0 radical (unpaired) electrons. The van der Waals surface area contributed by atoms with Gasteiger partial charge in [0, 0.05) is 89.9 Å². The third-order valence-electron chi connectivity index (χ3n) is 16.4. The zero-order valence-corrected chi connectivity index (χ0v) is 50.8. The number of carbonyl (C=O) groups excluding carboxylic acids is 6. The highest BCUT2D eigenvalue weighted by molar-refractivity contribution is 8.77. The van der Waals surface area contributed by atoms with E-state index in [0.717, 1.165) is 65.0 Å². The number of para-hydroxylation sites is 2. The number of ether oxygens (including phenoxy) is 3. The van der Waals surface area contributed by atoms with Gasteiger partial charge >= 0.3 is 0 Å². The molecule has 0 bridgehead atoms. The van der Waals surface area contributed by atoms with Gasteiger partial charge in [0.15, 0.2) is 17.3 Å². The summed E-state index contributed by atoms with van der Waals surface area (Å²) in [6, 6.07) is 28.7. The maximum absolute atomic E-state index is 14.3. The van der Waals surface area contributed by atoms with Gasteiger partial charge in [0.05, 0.1) is 30.4 Å². The van der Waals surface area contributed by atoms with Gasteiger partial charge < -0.3 is 39.5 Å². The van der Waals surface area contributed by atoms with E-state index in [9.17, 15) is 28.8 Å². The van der Waals surface area contributed by atoms with Gasteiger partial charge in [-0.25, -0.2) is 0 Å². The molecule has 0 spiro atoms. The zero-order valence-electron chi connectivity index (χ0n) is 49.1. The van der Waals surface area contributed by atoms with Crippen LogP contribution in [-0.2, 0) is 51.7 Å². The molecule has 1 unspecified atom stereocenters. The number of nitrogens with zero attached hydrogens (tertiary/aromatic N) is 3.